The number of nitrogens with zero attached hydrogens (tertiary/aromatic N) is 2. The summed E-state index contributed by atoms with van der Waals surface area (Å²) in [7, 11) is 0. The molecule has 152 valence electrons. The van der Waals surface area contributed by atoms with Crippen molar-refractivity contribution < 1.29 is 13.6 Å². The number of hydrogen-bond acceptors (Lipinski definition) is 5. The Balaban J connectivity index is 1.41. The average molecular weight is 416 g/mol. The first kappa shape index (κ1) is 20.4. The topological polar surface area (TPSA) is 90.9 Å². The van der Waals surface area contributed by atoms with Crippen LogP contribution < -0.4 is 0 Å². The first-order valence-corrected chi connectivity index (χ1v) is 9.75. The van der Waals surface area contributed by atoms with Crippen molar-refractivity contribution in [3.63, 3.8) is 0 Å². The molecule has 5 heteroatoms. The van der Waals surface area contributed by atoms with Crippen molar-refractivity contribution in [2.24, 2.45) is 0 Å². The van der Waals surface area contributed by atoms with Gasteiger partial charge in [-0.1, -0.05) is 24.3 Å². The lowest BCUT2D eigenvalue weighted by molar-refractivity contribution is -0.110. The molecule has 0 amide bonds. The lowest BCUT2D eigenvalue weighted by Crippen LogP contribution is -1.83. The largest absolute Gasteiger partial charge is 0.457 e. The van der Waals surface area contributed by atoms with E-state index in [0.29, 0.717) is 34.2 Å². The van der Waals surface area contributed by atoms with Gasteiger partial charge in [0.1, 0.15) is 23.0 Å². The minimum absolute atomic E-state index is 0.223. The van der Waals surface area contributed by atoms with E-state index in [2.05, 4.69) is 12.1 Å². The van der Waals surface area contributed by atoms with Crippen LogP contribution in [0.4, 0.5) is 0 Å². The Bertz CT molecular complexity index is 1310. The van der Waals surface area contributed by atoms with Gasteiger partial charge in [0, 0.05) is 11.1 Å². The lowest BCUT2D eigenvalue weighted by Gasteiger charge is -1.96. The third-order valence-corrected chi connectivity index (χ3v) is 4.63. The van der Waals surface area contributed by atoms with E-state index in [-0.39, 0.29) is 5.78 Å². The van der Waals surface area contributed by atoms with Gasteiger partial charge in [-0.15, -0.1) is 0 Å². The Kier molecular flexibility index (Phi) is 5.93. The molecule has 4 rings (SSSR count). The molecule has 0 radical (unpaired) electrons. The molecule has 2 aromatic carbocycles. The van der Waals surface area contributed by atoms with Crippen LogP contribution in [0.2, 0.25) is 0 Å². The van der Waals surface area contributed by atoms with Gasteiger partial charge in [0.05, 0.1) is 23.3 Å². The van der Waals surface area contributed by atoms with E-state index in [4.69, 9.17) is 19.4 Å². The predicted octanol–water partition coefficient (Wildman–Crippen LogP) is 6.25. The van der Waals surface area contributed by atoms with Crippen LogP contribution >= 0.6 is 0 Å². The van der Waals surface area contributed by atoms with E-state index in [1.165, 1.54) is 12.2 Å². The fourth-order valence-corrected chi connectivity index (χ4v) is 3.06. The minimum Gasteiger partial charge on any atom is -0.457 e. The second-order valence-corrected chi connectivity index (χ2v) is 6.86. The Labute approximate surface area is 184 Å². The SMILES string of the molecule is N#Cc1cccc(-c2ccc(/C=C/C(=O)/C=C/c3ccc(-c4cccc(C#N)c4)o3)o2)c1. The zero-order valence-corrected chi connectivity index (χ0v) is 16.9. The molecule has 0 fully saturated rings. The first-order valence-electron chi connectivity index (χ1n) is 9.75. The van der Waals surface area contributed by atoms with Crippen LogP contribution in [0.5, 0.6) is 0 Å². The zero-order valence-electron chi connectivity index (χ0n) is 16.9. The Morgan fingerprint density at radius 2 is 1.16 bits per heavy atom. The summed E-state index contributed by atoms with van der Waals surface area (Å²) >= 11 is 0. The van der Waals surface area contributed by atoms with E-state index in [1.807, 2.05) is 12.1 Å². The summed E-state index contributed by atoms with van der Waals surface area (Å²) < 4.78 is 11.5. The first-order chi connectivity index (χ1) is 15.6. The zero-order chi connectivity index (χ0) is 22.3. The van der Waals surface area contributed by atoms with E-state index in [9.17, 15) is 4.79 Å². The van der Waals surface area contributed by atoms with Gasteiger partial charge in [-0.05, 0) is 72.8 Å². The average Bonchev–Trinajstić information content (AvgIpc) is 3.51. The van der Waals surface area contributed by atoms with Crippen LogP contribution in [0.3, 0.4) is 0 Å². The molecule has 2 aromatic heterocycles. The van der Waals surface area contributed by atoms with Crippen molar-refractivity contribution in [3.8, 4) is 34.8 Å². The van der Waals surface area contributed by atoms with Gasteiger partial charge < -0.3 is 8.83 Å². The molecule has 4 aromatic rings. The number of benzene rings is 2. The predicted molar refractivity (Wildman–Crippen MR) is 121 cm³/mol. The highest BCUT2D eigenvalue weighted by Crippen LogP contribution is 2.25. The monoisotopic (exact) mass is 416 g/mol. The third kappa shape index (κ3) is 4.81. The maximum absolute atomic E-state index is 12.2. The van der Waals surface area contributed by atoms with Crippen molar-refractivity contribution >= 4 is 17.9 Å². The Morgan fingerprint density at radius 3 is 1.59 bits per heavy atom. The molecule has 0 aliphatic rings. The second-order valence-electron chi connectivity index (χ2n) is 6.86. The van der Waals surface area contributed by atoms with E-state index in [0.717, 1.165) is 11.1 Å². The van der Waals surface area contributed by atoms with Gasteiger partial charge in [0.25, 0.3) is 0 Å². The molecule has 0 spiro atoms. The van der Waals surface area contributed by atoms with Gasteiger partial charge in [-0.3, -0.25) is 4.79 Å². The maximum Gasteiger partial charge on any atom is 0.178 e. The summed E-state index contributed by atoms with van der Waals surface area (Å²) in [5.74, 6) is 2.07. The molecular formula is C27H16N2O3. The molecule has 0 bridgehead atoms. The summed E-state index contributed by atoms with van der Waals surface area (Å²) in [6.45, 7) is 0. The second kappa shape index (κ2) is 9.30. The Hall–Kier alpha value is -4.87. The van der Waals surface area contributed by atoms with E-state index < -0.39 is 0 Å². The summed E-state index contributed by atoms with van der Waals surface area (Å²) in [4.78, 5) is 12.2. The quantitative estimate of drug-likeness (QED) is 0.347. The summed E-state index contributed by atoms with van der Waals surface area (Å²) in [6, 6.07) is 25.5. The summed E-state index contributed by atoms with van der Waals surface area (Å²) in [5, 5.41) is 18.0. The summed E-state index contributed by atoms with van der Waals surface area (Å²) in [5.41, 5.74) is 2.69. The molecule has 0 saturated heterocycles. The van der Waals surface area contributed by atoms with Gasteiger partial charge >= 0.3 is 0 Å². The van der Waals surface area contributed by atoms with Gasteiger partial charge in [0.2, 0.25) is 0 Å². The number of allylic oxidation sites excluding steroid dienone is 2. The van der Waals surface area contributed by atoms with Crippen LogP contribution in [0, 0.1) is 22.7 Å². The summed E-state index contributed by atoms with van der Waals surface area (Å²) in [6.07, 6.45) is 5.99. The molecule has 0 saturated carbocycles. The number of hydrogen-bond donors (Lipinski definition) is 0. The third-order valence-electron chi connectivity index (χ3n) is 4.63. The van der Waals surface area contributed by atoms with Crippen molar-refractivity contribution in [1.29, 1.82) is 10.5 Å². The van der Waals surface area contributed by atoms with Crippen LogP contribution in [0.25, 0.3) is 34.8 Å². The molecule has 0 N–H and O–H groups in total. The highest BCUT2D eigenvalue weighted by molar-refractivity contribution is 6.04. The number of ketones is 1. The molecule has 0 atom stereocenters. The lowest BCUT2D eigenvalue weighted by atomic mass is 10.1. The fourth-order valence-electron chi connectivity index (χ4n) is 3.06. The molecule has 2 heterocycles. The number of rotatable bonds is 6. The van der Waals surface area contributed by atoms with Crippen molar-refractivity contribution in [3.05, 3.63) is 108 Å². The van der Waals surface area contributed by atoms with Crippen LogP contribution in [0.1, 0.15) is 22.6 Å². The molecular weight excluding hydrogens is 400 g/mol. The molecule has 5 nitrogen and oxygen atoms in total. The van der Waals surface area contributed by atoms with Gasteiger partial charge in [-0.25, -0.2) is 0 Å². The number of nitriles is 2. The van der Waals surface area contributed by atoms with E-state index >= 15 is 0 Å². The highest BCUT2D eigenvalue weighted by atomic mass is 16.3. The van der Waals surface area contributed by atoms with Gasteiger partial charge in [0.15, 0.2) is 5.78 Å². The molecule has 0 unspecified atom stereocenters. The normalized spacial score (nSPS) is 10.9. The van der Waals surface area contributed by atoms with Crippen molar-refractivity contribution in [2.45, 2.75) is 0 Å². The fraction of sp³-hybridized carbons (Fsp3) is 0. The van der Waals surface area contributed by atoms with Crippen LogP contribution in [0.15, 0.2) is 93.8 Å². The minimum atomic E-state index is -0.223. The molecule has 0 aliphatic heterocycles. The van der Waals surface area contributed by atoms with Crippen LogP contribution in [-0.2, 0) is 4.79 Å². The van der Waals surface area contributed by atoms with E-state index in [1.54, 1.807) is 72.8 Å². The van der Waals surface area contributed by atoms with Gasteiger partial charge in [-0.2, -0.15) is 10.5 Å². The van der Waals surface area contributed by atoms with Crippen LogP contribution in [-0.4, -0.2) is 5.78 Å². The molecule has 0 aliphatic carbocycles. The molecule has 32 heavy (non-hydrogen) atoms. The van der Waals surface area contributed by atoms with Crippen molar-refractivity contribution in [2.75, 3.05) is 0 Å². The highest BCUT2D eigenvalue weighted by Gasteiger charge is 2.06. The number of furan rings is 2. The van der Waals surface area contributed by atoms with Crippen molar-refractivity contribution in [1.82, 2.24) is 0 Å². The standard InChI is InChI=1S/C27H16N2O3/c28-17-19-3-1-5-21(15-19)26-13-11-24(31-26)9-7-23(30)8-10-25-12-14-27(32-25)22-6-2-4-20(16-22)18-29/h1-16H/b9-7+,10-8+. The Morgan fingerprint density at radius 1 is 0.688 bits per heavy atom. The maximum atomic E-state index is 12.2. The smallest absolute Gasteiger partial charge is 0.178 e. The number of carbonyl (C=O) groups excluding carboxylic acids is 1. The number of carbonyl (C=O) groups is 1.